The van der Waals surface area contributed by atoms with Crippen LogP contribution in [-0.4, -0.2) is 7.11 Å². The molecule has 0 saturated heterocycles. The first-order valence-electron chi connectivity index (χ1n) is 6.66. The van der Waals surface area contributed by atoms with Crippen LogP contribution in [-0.2, 0) is 6.42 Å². The van der Waals surface area contributed by atoms with Gasteiger partial charge in [-0.05, 0) is 84.7 Å². The van der Waals surface area contributed by atoms with E-state index in [9.17, 15) is 0 Å². The van der Waals surface area contributed by atoms with E-state index >= 15 is 0 Å². The molecule has 2 aromatic rings. The van der Waals surface area contributed by atoms with Crippen molar-refractivity contribution in [3.8, 4) is 5.75 Å². The van der Waals surface area contributed by atoms with Crippen LogP contribution in [0.25, 0.3) is 0 Å². The zero-order valence-corrected chi connectivity index (χ0v) is 17.0. The summed E-state index contributed by atoms with van der Waals surface area (Å²) in [5.74, 6) is 0.836. The third kappa shape index (κ3) is 3.33. The van der Waals surface area contributed by atoms with E-state index in [2.05, 4.69) is 59.2 Å². The second-order valence-electron chi connectivity index (χ2n) is 4.98. The van der Waals surface area contributed by atoms with Crippen LogP contribution in [0.2, 0.25) is 0 Å². The van der Waals surface area contributed by atoms with E-state index in [1.807, 2.05) is 23.5 Å². The van der Waals surface area contributed by atoms with Crippen LogP contribution in [0.15, 0.2) is 30.9 Å². The van der Waals surface area contributed by atoms with Crippen LogP contribution in [0.5, 0.6) is 5.75 Å². The molecule has 0 aliphatic heterocycles. The standard InChI is InChI=1S/C15H14Br3NOS/c1-20-13-7-12(9(16)6-10(13)17)19-11-3-2-4-14-8(11)5-15(18)21-14/h5-7,11,19H,2-4H2,1H3. The first-order valence-corrected chi connectivity index (χ1v) is 9.85. The van der Waals surface area contributed by atoms with Gasteiger partial charge in [0.1, 0.15) is 5.75 Å². The summed E-state index contributed by atoms with van der Waals surface area (Å²) in [6.45, 7) is 0. The maximum Gasteiger partial charge on any atom is 0.135 e. The quantitative estimate of drug-likeness (QED) is 0.522. The topological polar surface area (TPSA) is 21.3 Å². The van der Waals surface area contributed by atoms with Gasteiger partial charge >= 0.3 is 0 Å². The fourth-order valence-corrected chi connectivity index (χ4v) is 5.74. The first-order chi connectivity index (χ1) is 10.1. The molecule has 0 radical (unpaired) electrons. The van der Waals surface area contributed by atoms with Gasteiger partial charge in [-0.1, -0.05) is 0 Å². The molecule has 1 unspecified atom stereocenters. The normalized spacial score (nSPS) is 17.4. The lowest BCUT2D eigenvalue weighted by molar-refractivity contribution is 0.412. The summed E-state index contributed by atoms with van der Waals surface area (Å²) in [7, 11) is 1.69. The number of nitrogens with one attached hydrogen (secondary N) is 1. The van der Waals surface area contributed by atoms with Gasteiger partial charge in [0.25, 0.3) is 0 Å². The molecular weight excluding hydrogens is 482 g/mol. The van der Waals surface area contributed by atoms with Crippen LogP contribution < -0.4 is 10.1 Å². The van der Waals surface area contributed by atoms with Crippen LogP contribution in [0.4, 0.5) is 5.69 Å². The number of anilines is 1. The Kier molecular flexibility index (Phi) is 4.98. The van der Waals surface area contributed by atoms with E-state index in [0.29, 0.717) is 6.04 Å². The average Bonchev–Trinajstić information content (AvgIpc) is 2.83. The van der Waals surface area contributed by atoms with Crippen molar-refractivity contribution in [3.05, 3.63) is 41.4 Å². The Morgan fingerprint density at radius 3 is 2.76 bits per heavy atom. The molecule has 2 nitrogen and oxygen atoms in total. The van der Waals surface area contributed by atoms with E-state index in [0.717, 1.165) is 26.8 Å². The van der Waals surface area contributed by atoms with Crippen LogP contribution >= 0.6 is 59.1 Å². The van der Waals surface area contributed by atoms with E-state index in [-0.39, 0.29) is 0 Å². The number of ether oxygens (including phenoxy) is 1. The fraction of sp³-hybridized carbons (Fsp3) is 0.333. The number of benzene rings is 1. The lowest BCUT2D eigenvalue weighted by Gasteiger charge is -2.25. The number of fused-ring (bicyclic) bond motifs is 1. The van der Waals surface area contributed by atoms with Gasteiger partial charge in [0.15, 0.2) is 0 Å². The maximum absolute atomic E-state index is 5.39. The molecule has 1 aromatic carbocycles. The molecule has 3 rings (SSSR count). The van der Waals surface area contributed by atoms with Crippen LogP contribution in [0, 0.1) is 0 Å². The van der Waals surface area contributed by atoms with Gasteiger partial charge in [0.05, 0.1) is 27.1 Å². The second-order valence-corrected chi connectivity index (χ2v) is 9.21. The molecule has 6 heteroatoms. The van der Waals surface area contributed by atoms with Crippen LogP contribution in [0.3, 0.4) is 0 Å². The maximum atomic E-state index is 5.39. The molecule has 1 aliphatic rings. The highest BCUT2D eigenvalue weighted by Crippen LogP contribution is 2.42. The average molecular weight is 496 g/mol. The molecular formula is C15H14Br3NOS. The summed E-state index contributed by atoms with van der Waals surface area (Å²) in [6, 6.07) is 6.66. The van der Waals surface area contributed by atoms with Crippen molar-refractivity contribution in [2.75, 3.05) is 12.4 Å². The summed E-state index contributed by atoms with van der Waals surface area (Å²) >= 11 is 12.6. The summed E-state index contributed by atoms with van der Waals surface area (Å²) < 4.78 is 8.59. The van der Waals surface area contributed by atoms with Crippen LogP contribution in [0.1, 0.15) is 29.3 Å². The predicted molar refractivity (Wildman–Crippen MR) is 99.7 cm³/mol. The molecule has 1 heterocycles. The van der Waals surface area contributed by atoms with Crippen molar-refractivity contribution in [1.29, 1.82) is 0 Å². The molecule has 0 amide bonds. The minimum absolute atomic E-state index is 0.360. The minimum atomic E-state index is 0.360. The van der Waals surface area contributed by atoms with E-state index in [1.165, 1.54) is 27.1 Å². The van der Waals surface area contributed by atoms with Gasteiger partial charge in [-0.25, -0.2) is 0 Å². The highest BCUT2D eigenvalue weighted by Gasteiger charge is 2.23. The smallest absolute Gasteiger partial charge is 0.135 e. The second kappa shape index (κ2) is 6.60. The molecule has 21 heavy (non-hydrogen) atoms. The third-order valence-electron chi connectivity index (χ3n) is 3.65. The predicted octanol–water partition coefficient (Wildman–Crippen LogP) is 6.53. The monoisotopic (exact) mass is 493 g/mol. The molecule has 112 valence electrons. The Labute approximate surface area is 153 Å². The lowest BCUT2D eigenvalue weighted by Crippen LogP contribution is -2.16. The van der Waals surface area contributed by atoms with Gasteiger partial charge in [0.2, 0.25) is 0 Å². The number of rotatable bonds is 3. The highest BCUT2D eigenvalue weighted by atomic mass is 79.9. The van der Waals surface area contributed by atoms with Crippen molar-refractivity contribution in [3.63, 3.8) is 0 Å². The first kappa shape index (κ1) is 15.8. The van der Waals surface area contributed by atoms with E-state index in [1.54, 1.807) is 7.11 Å². The number of hydrogen-bond donors (Lipinski definition) is 1. The summed E-state index contributed by atoms with van der Waals surface area (Å²) in [4.78, 5) is 1.49. The number of aryl methyl sites for hydroxylation is 1. The van der Waals surface area contributed by atoms with Crippen molar-refractivity contribution in [1.82, 2.24) is 0 Å². The zero-order chi connectivity index (χ0) is 15.0. The molecule has 1 atom stereocenters. The Balaban J connectivity index is 1.91. The highest BCUT2D eigenvalue weighted by molar-refractivity contribution is 9.11. The number of methoxy groups -OCH3 is 1. The molecule has 1 aliphatic carbocycles. The SMILES string of the molecule is COc1cc(NC2CCCc3sc(Br)cc32)c(Br)cc1Br. The Morgan fingerprint density at radius 1 is 1.19 bits per heavy atom. The summed E-state index contributed by atoms with van der Waals surface area (Å²) in [6.07, 6.45) is 3.57. The number of hydrogen-bond acceptors (Lipinski definition) is 3. The van der Waals surface area contributed by atoms with Crippen molar-refractivity contribution >= 4 is 64.8 Å². The Morgan fingerprint density at radius 2 is 2.00 bits per heavy atom. The Hall–Kier alpha value is -0.0400. The summed E-state index contributed by atoms with van der Waals surface area (Å²) in [5.41, 5.74) is 2.49. The van der Waals surface area contributed by atoms with Crippen molar-refractivity contribution in [2.24, 2.45) is 0 Å². The third-order valence-corrected chi connectivity index (χ3v) is 6.64. The number of halogens is 3. The van der Waals surface area contributed by atoms with Gasteiger partial charge in [-0.2, -0.15) is 0 Å². The van der Waals surface area contributed by atoms with Gasteiger partial charge < -0.3 is 10.1 Å². The van der Waals surface area contributed by atoms with Gasteiger partial charge in [-0.3, -0.25) is 0 Å². The fourth-order valence-electron chi connectivity index (χ4n) is 2.66. The summed E-state index contributed by atoms with van der Waals surface area (Å²) in [5, 5.41) is 3.66. The van der Waals surface area contributed by atoms with E-state index in [4.69, 9.17) is 4.74 Å². The molecule has 0 saturated carbocycles. The van der Waals surface area contributed by atoms with Crippen molar-refractivity contribution in [2.45, 2.75) is 25.3 Å². The molecule has 0 fully saturated rings. The Bertz CT molecular complexity index is 671. The molecule has 1 N–H and O–H groups in total. The van der Waals surface area contributed by atoms with Gasteiger partial charge in [-0.15, -0.1) is 11.3 Å². The molecule has 1 aromatic heterocycles. The zero-order valence-electron chi connectivity index (χ0n) is 11.4. The minimum Gasteiger partial charge on any atom is -0.495 e. The number of thiophene rings is 1. The molecule has 0 bridgehead atoms. The van der Waals surface area contributed by atoms with E-state index < -0.39 is 0 Å². The lowest BCUT2D eigenvalue weighted by atomic mass is 9.94. The van der Waals surface area contributed by atoms with Crippen molar-refractivity contribution < 1.29 is 4.74 Å². The largest absolute Gasteiger partial charge is 0.495 e. The molecule has 0 spiro atoms. The van der Waals surface area contributed by atoms with Gasteiger partial charge in [0, 0.05) is 15.4 Å².